The monoisotopic (exact) mass is 511 g/mol. The first-order valence-corrected chi connectivity index (χ1v) is 12.1. The van der Waals surface area contributed by atoms with Crippen LogP contribution >= 0.6 is 0 Å². The maximum absolute atomic E-state index is 13.6. The zero-order valence-electron chi connectivity index (χ0n) is 20.8. The van der Waals surface area contributed by atoms with Gasteiger partial charge in [-0.05, 0) is 62.3 Å². The highest BCUT2D eigenvalue weighted by Crippen LogP contribution is 2.26. The van der Waals surface area contributed by atoms with Gasteiger partial charge in [-0.3, -0.25) is 14.3 Å². The van der Waals surface area contributed by atoms with Crippen molar-refractivity contribution in [3.63, 3.8) is 0 Å². The first kappa shape index (κ1) is 26.1. The highest BCUT2D eigenvalue weighted by atomic mass is 19.1. The van der Waals surface area contributed by atoms with E-state index in [1.807, 2.05) is 0 Å². The van der Waals surface area contributed by atoms with Crippen LogP contribution < -0.4 is 15.4 Å². The molecule has 196 valence electrons. The van der Waals surface area contributed by atoms with Crippen molar-refractivity contribution in [3.05, 3.63) is 53.4 Å². The molecule has 1 aromatic carbocycles. The smallest absolute Gasteiger partial charge is 0.270 e. The summed E-state index contributed by atoms with van der Waals surface area (Å²) >= 11 is 0. The fraction of sp³-hybridized carbons (Fsp3) is 0.440. The molecule has 12 heteroatoms. The number of halogens is 1. The molecule has 3 N–H and O–H groups in total. The summed E-state index contributed by atoms with van der Waals surface area (Å²) in [5.74, 6) is -0.280. The quantitative estimate of drug-likeness (QED) is 0.394. The second-order valence-electron chi connectivity index (χ2n) is 9.11. The highest BCUT2D eigenvalue weighted by molar-refractivity contribution is 5.93. The standard InChI is InChI=1S/C25H30FN7O4/c1-15-28-20(10-21(29-15)25(36)27-11-17-5-8-19(26)23(9-17)37-2)22-13-33(32-31-22)12-16-3-6-18(7-4-16)30-24(35)14-34/h5,8-10,13,16,18,34H,3-4,6-7,11-12,14H2,1-2H3,(H,27,36)(H,30,35)/t16-,18-. The number of amides is 2. The summed E-state index contributed by atoms with van der Waals surface area (Å²) in [7, 11) is 1.38. The minimum absolute atomic E-state index is 0.0980. The molecule has 2 aromatic heterocycles. The number of methoxy groups -OCH3 is 1. The number of aliphatic hydroxyl groups is 1. The zero-order chi connectivity index (χ0) is 26.4. The van der Waals surface area contributed by atoms with Crippen molar-refractivity contribution < 1.29 is 23.8 Å². The van der Waals surface area contributed by atoms with E-state index in [-0.39, 0.29) is 29.9 Å². The Morgan fingerprint density at radius 1 is 1.16 bits per heavy atom. The lowest BCUT2D eigenvalue weighted by Gasteiger charge is -2.28. The lowest BCUT2D eigenvalue weighted by atomic mass is 9.86. The van der Waals surface area contributed by atoms with Crippen LogP contribution in [0.3, 0.4) is 0 Å². The minimum atomic E-state index is -0.489. The number of rotatable bonds is 9. The third-order valence-electron chi connectivity index (χ3n) is 6.34. The molecule has 2 amide bonds. The fourth-order valence-corrected chi connectivity index (χ4v) is 4.43. The van der Waals surface area contributed by atoms with Crippen molar-refractivity contribution in [1.29, 1.82) is 0 Å². The SMILES string of the molecule is COc1cc(CNC(=O)c2cc(-c3cn(C[C@H]4CC[C@H](NC(=O)CO)CC4)nn3)nc(C)n2)ccc1F. The minimum Gasteiger partial charge on any atom is -0.494 e. The van der Waals surface area contributed by atoms with Crippen LogP contribution in [0.2, 0.25) is 0 Å². The number of nitrogens with zero attached hydrogens (tertiary/aromatic N) is 5. The maximum atomic E-state index is 13.6. The van der Waals surface area contributed by atoms with Crippen molar-refractivity contribution in [1.82, 2.24) is 35.6 Å². The third-order valence-corrected chi connectivity index (χ3v) is 6.34. The molecule has 11 nitrogen and oxygen atoms in total. The summed E-state index contributed by atoms with van der Waals surface area (Å²) in [5, 5.41) is 23.0. The van der Waals surface area contributed by atoms with Crippen molar-refractivity contribution in [2.75, 3.05) is 13.7 Å². The number of carbonyl (C=O) groups is 2. The van der Waals surface area contributed by atoms with Gasteiger partial charge in [-0.15, -0.1) is 5.10 Å². The Hall–Kier alpha value is -3.93. The molecule has 0 spiro atoms. The molecule has 0 atom stereocenters. The second-order valence-corrected chi connectivity index (χ2v) is 9.11. The van der Waals surface area contributed by atoms with Crippen LogP contribution in [0.25, 0.3) is 11.4 Å². The van der Waals surface area contributed by atoms with E-state index in [4.69, 9.17) is 9.84 Å². The number of aryl methyl sites for hydroxylation is 1. The molecule has 0 bridgehead atoms. The molecule has 1 saturated carbocycles. The van der Waals surface area contributed by atoms with E-state index < -0.39 is 18.3 Å². The first-order valence-electron chi connectivity index (χ1n) is 12.1. The van der Waals surface area contributed by atoms with Crippen molar-refractivity contribution >= 4 is 11.8 Å². The molecule has 3 aromatic rings. The number of aromatic nitrogens is 5. The van der Waals surface area contributed by atoms with Gasteiger partial charge in [0.15, 0.2) is 11.6 Å². The van der Waals surface area contributed by atoms with Gasteiger partial charge >= 0.3 is 0 Å². The van der Waals surface area contributed by atoms with Crippen LogP contribution in [0, 0.1) is 18.7 Å². The van der Waals surface area contributed by atoms with Crippen molar-refractivity contribution in [3.8, 4) is 17.1 Å². The van der Waals surface area contributed by atoms with Crippen molar-refractivity contribution in [2.45, 2.75) is 51.7 Å². The summed E-state index contributed by atoms with van der Waals surface area (Å²) in [6, 6.07) is 6.06. The van der Waals surface area contributed by atoms with E-state index in [1.54, 1.807) is 29.9 Å². The topological polar surface area (TPSA) is 144 Å². The normalized spacial score (nSPS) is 17.3. The van der Waals surface area contributed by atoms with Gasteiger partial charge < -0.3 is 20.5 Å². The van der Waals surface area contributed by atoms with Crippen molar-refractivity contribution in [2.24, 2.45) is 5.92 Å². The predicted octanol–water partition coefficient (Wildman–Crippen LogP) is 1.79. The number of hydrogen-bond donors (Lipinski definition) is 3. The molecule has 0 unspecified atom stereocenters. The lowest BCUT2D eigenvalue weighted by molar-refractivity contribution is -0.124. The van der Waals surface area contributed by atoms with E-state index in [0.717, 1.165) is 25.7 Å². The van der Waals surface area contributed by atoms with Crippen LogP contribution in [0.5, 0.6) is 5.75 Å². The van der Waals surface area contributed by atoms with Crippen LogP contribution in [0.4, 0.5) is 4.39 Å². The third kappa shape index (κ3) is 6.85. The van der Waals surface area contributed by atoms with Gasteiger partial charge in [0.25, 0.3) is 5.91 Å². The maximum Gasteiger partial charge on any atom is 0.270 e. The highest BCUT2D eigenvalue weighted by Gasteiger charge is 2.23. The number of carbonyl (C=O) groups excluding carboxylic acids is 2. The van der Waals surface area contributed by atoms with Gasteiger partial charge in [-0.1, -0.05) is 11.3 Å². The fourth-order valence-electron chi connectivity index (χ4n) is 4.43. The van der Waals surface area contributed by atoms with E-state index >= 15 is 0 Å². The summed E-state index contributed by atoms with van der Waals surface area (Å²) in [4.78, 5) is 32.8. The molecule has 0 aliphatic heterocycles. The molecule has 37 heavy (non-hydrogen) atoms. The summed E-state index contributed by atoms with van der Waals surface area (Å²) in [6.07, 6.45) is 5.37. The number of nitrogens with one attached hydrogen (secondary N) is 2. The van der Waals surface area contributed by atoms with E-state index in [2.05, 4.69) is 30.9 Å². The molecule has 2 heterocycles. The Bertz CT molecular complexity index is 1260. The first-order chi connectivity index (χ1) is 17.8. The Morgan fingerprint density at radius 3 is 2.68 bits per heavy atom. The Morgan fingerprint density at radius 2 is 1.95 bits per heavy atom. The summed E-state index contributed by atoms with van der Waals surface area (Å²) in [6.45, 7) is 2.07. The number of benzene rings is 1. The average Bonchev–Trinajstić information content (AvgIpc) is 3.37. The van der Waals surface area contributed by atoms with Gasteiger partial charge in [0.2, 0.25) is 5.91 Å². The van der Waals surface area contributed by atoms with Gasteiger partial charge in [0.1, 0.15) is 23.8 Å². The lowest BCUT2D eigenvalue weighted by Crippen LogP contribution is -2.39. The molecule has 1 fully saturated rings. The Kier molecular flexibility index (Phi) is 8.39. The zero-order valence-corrected chi connectivity index (χ0v) is 20.8. The van der Waals surface area contributed by atoms with E-state index in [1.165, 1.54) is 19.2 Å². The van der Waals surface area contributed by atoms with E-state index in [9.17, 15) is 14.0 Å². The number of hydrogen-bond acceptors (Lipinski definition) is 8. The molecule has 0 radical (unpaired) electrons. The second kappa shape index (κ2) is 11.9. The van der Waals surface area contributed by atoms with Crippen LogP contribution in [0.15, 0.2) is 30.5 Å². The van der Waals surface area contributed by atoms with Crippen LogP contribution in [-0.4, -0.2) is 61.6 Å². The van der Waals surface area contributed by atoms with E-state index in [0.29, 0.717) is 35.2 Å². The molecular weight excluding hydrogens is 481 g/mol. The summed E-state index contributed by atoms with van der Waals surface area (Å²) < 4.78 is 20.4. The van der Waals surface area contributed by atoms with Gasteiger partial charge in [-0.25, -0.2) is 14.4 Å². The van der Waals surface area contributed by atoms with Gasteiger partial charge in [0, 0.05) is 19.1 Å². The largest absolute Gasteiger partial charge is 0.494 e. The van der Waals surface area contributed by atoms with Crippen LogP contribution in [-0.2, 0) is 17.9 Å². The predicted molar refractivity (Wildman–Crippen MR) is 131 cm³/mol. The summed E-state index contributed by atoms with van der Waals surface area (Å²) in [5.41, 5.74) is 1.90. The van der Waals surface area contributed by atoms with Gasteiger partial charge in [-0.2, -0.15) is 0 Å². The molecule has 1 aliphatic rings. The Balaban J connectivity index is 1.36. The van der Waals surface area contributed by atoms with Gasteiger partial charge in [0.05, 0.1) is 19.0 Å². The average molecular weight is 512 g/mol. The number of aliphatic hydroxyl groups excluding tert-OH is 1. The van der Waals surface area contributed by atoms with Crippen LogP contribution in [0.1, 0.15) is 47.6 Å². The molecular formula is C25H30FN7O4. The molecule has 0 saturated heterocycles. The number of ether oxygens (including phenoxy) is 1. The molecule has 4 rings (SSSR count). The molecule has 1 aliphatic carbocycles. The Labute approximate surface area is 213 Å².